The lowest BCUT2D eigenvalue weighted by Crippen LogP contribution is -2.22. The highest BCUT2D eigenvalue weighted by atomic mass is 32.2. The predicted molar refractivity (Wildman–Crippen MR) is 88.7 cm³/mol. The molecule has 0 unspecified atom stereocenters. The molecule has 0 aliphatic carbocycles. The lowest BCUT2D eigenvalue weighted by molar-refractivity contribution is -0.119. The van der Waals surface area contributed by atoms with E-state index in [1.165, 1.54) is 24.3 Å². The Balaban J connectivity index is 2.00. The number of nitrogens with one attached hydrogen (secondary N) is 1. The second-order valence-corrected chi connectivity index (χ2v) is 6.44. The van der Waals surface area contributed by atoms with E-state index in [9.17, 15) is 18.2 Å². The highest BCUT2D eigenvalue weighted by molar-refractivity contribution is 7.85. The van der Waals surface area contributed by atoms with Crippen LogP contribution < -0.4 is 5.32 Å². The van der Waals surface area contributed by atoms with Crippen LogP contribution in [0.1, 0.15) is 17.3 Å². The van der Waals surface area contributed by atoms with Crippen LogP contribution in [0.4, 0.5) is 10.1 Å². The van der Waals surface area contributed by atoms with Gasteiger partial charge in [-0.25, -0.2) is 9.18 Å². The van der Waals surface area contributed by atoms with Crippen molar-refractivity contribution >= 4 is 28.4 Å². The van der Waals surface area contributed by atoms with E-state index in [1.54, 1.807) is 31.2 Å². The van der Waals surface area contributed by atoms with E-state index >= 15 is 0 Å². The van der Waals surface area contributed by atoms with Gasteiger partial charge >= 0.3 is 5.97 Å². The third kappa shape index (κ3) is 4.48. The fourth-order valence-electron chi connectivity index (χ4n) is 1.95. The van der Waals surface area contributed by atoms with E-state index in [0.29, 0.717) is 10.6 Å². The van der Waals surface area contributed by atoms with Crippen molar-refractivity contribution in [3.05, 3.63) is 59.9 Å². The number of esters is 1. The number of benzene rings is 2. The highest BCUT2D eigenvalue weighted by Crippen LogP contribution is 2.15. The average Bonchev–Trinajstić information content (AvgIpc) is 2.61. The monoisotopic (exact) mass is 349 g/mol. The van der Waals surface area contributed by atoms with Gasteiger partial charge in [0.2, 0.25) is 0 Å². The Bertz CT molecular complexity index is 779. The Morgan fingerprint density at radius 3 is 2.50 bits per heavy atom. The van der Waals surface area contributed by atoms with E-state index in [1.807, 2.05) is 0 Å². The summed E-state index contributed by atoms with van der Waals surface area (Å²) >= 11 is 0. The zero-order chi connectivity index (χ0) is 17.5. The van der Waals surface area contributed by atoms with Crippen LogP contribution in [0.2, 0.25) is 0 Å². The Morgan fingerprint density at radius 1 is 1.12 bits per heavy atom. The maximum Gasteiger partial charge on any atom is 0.339 e. The summed E-state index contributed by atoms with van der Waals surface area (Å²) in [6, 6.07) is 12.0. The molecule has 0 spiro atoms. The molecular weight excluding hydrogens is 333 g/mol. The van der Waals surface area contributed by atoms with Crippen molar-refractivity contribution in [3.63, 3.8) is 0 Å². The van der Waals surface area contributed by atoms with E-state index in [4.69, 9.17) is 4.74 Å². The standard InChI is InChI=1S/C17H16FNO4S/c1-2-24(22)15-10-6-3-7-12(15)17(21)23-11-16(20)19-14-9-5-4-8-13(14)18/h3-10H,2,11H2,1H3,(H,19,20)/t24-/m1/s1. The highest BCUT2D eigenvalue weighted by Gasteiger charge is 2.17. The number of anilines is 1. The first-order chi connectivity index (χ1) is 11.5. The van der Waals surface area contributed by atoms with Crippen LogP contribution in [-0.2, 0) is 20.3 Å². The van der Waals surface area contributed by atoms with Gasteiger partial charge in [0.05, 0.1) is 26.9 Å². The largest absolute Gasteiger partial charge is 0.452 e. The molecule has 1 atom stereocenters. The molecule has 1 N–H and O–H groups in total. The normalized spacial score (nSPS) is 11.6. The van der Waals surface area contributed by atoms with E-state index in [0.717, 1.165) is 0 Å². The number of rotatable bonds is 6. The second-order valence-electron chi connectivity index (χ2n) is 4.73. The number of hydrogen-bond donors (Lipinski definition) is 1. The molecule has 7 heteroatoms. The van der Waals surface area contributed by atoms with Gasteiger partial charge in [-0.2, -0.15) is 0 Å². The van der Waals surface area contributed by atoms with Crippen molar-refractivity contribution in [2.45, 2.75) is 11.8 Å². The van der Waals surface area contributed by atoms with Crippen LogP contribution in [0, 0.1) is 5.82 Å². The summed E-state index contributed by atoms with van der Waals surface area (Å²) in [7, 11) is -1.32. The number of ether oxygens (including phenoxy) is 1. The lowest BCUT2D eigenvalue weighted by Gasteiger charge is -2.09. The molecule has 0 radical (unpaired) electrons. The Hall–Kier alpha value is -2.54. The minimum absolute atomic E-state index is 0.00559. The van der Waals surface area contributed by atoms with Crippen molar-refractivity contribution in [1.82, 2.24) is 0 Å². The van der Waals surface area contributed by atoms with Gasteiger partial charge < -0.3 is 10.1 Å². The molecule has 0 fully saturated rings. The molecule has 2 rings (SSSR count). The fourth-order valence-corrected chi connectivity index (χ4v) is 2.89. The quantitative estimate of drug-likeness (QED) is 0.814. The molecule has 0 aromatic heterocycles. The van der Waals surface area contributed by atoms with Gasteiger partial charge in [-0.1, -0.05) is 31.2 Å². The van der Waals surface area contributed by atoms with Crippen molar-refractivity contribution in [2.75, 3.05) is 17.7 Å². The van der Waals surface area contributed by atoms with Crippen molar-refractivity contribution in [2.24, 2.45) is 0 Å². The number of amides is 1. The molecule has 24 heavy (non-hydrogen) atoms. The summed E-state index contributed by atoms with van der Waals surface area (Å²) in [5.41, 5.74) is 0.155. The summed E-state index contributed by atoms with van der Waals surface area (Å²) < 4.78 is 30.3. The average molecular weight is 349 g/mol. The molecular formula is C17H16FNO4S. The third-order valence-corrected chi connectivity index (χ3v) is 4.47. The Morgan fingerprint density at radius 2 is 1.79 bits per heavy atom. The molecule has 0 saturated heterocycles. The first-order valence-corrected chi connectivity index (χ1v) is 8.53. The molecule has 0 aliphatic heterocycles. The number of carbonyl (C=O) groups is 2. The van der Waals surface area contributed by atoms with Gasteiger partial charge in [0.25, 0.3) is 5.91 Å². The van der Waals surface area contributed by atoms with Crippen LogP contribution in [0.25, 0.3) is 0 Å². The number of halogens is 1. The third-order valence-electron chi connectivity index (χ3n) is 3.10. The van der Waals surface area contributed by atoms with Crippen LogP contribution in [0.15, 0.2) is 53.4 Å². The molecule has 2 aromatic carbocycles. The van der Waals surface area contributed by atoms with E-state index in [-0.39, 0.29) is 11.3 Å². The summed E-state index contributed by atoms with van der Waals surface area (Å²) in [4.78, 5) is 24.2. The molecule has 0 aliphatic rings. The minimum atomic E-state index is -1.32. The first-order valence-electron chi connectivity index (χ1n) is 7.21. The first kappa shape index (κ1) is 17.8. The van der Waals surface area contributed by atoms with Crippen LogP contribution in [0.3, 0.4) is 0 Å². The second kappa shape index (κ2) is 8.35. The topological polar surface area (TPSA) is 72.5 Å². The lowest BCUT2D eigenvalue weighted by atomic mass is 10.2. The number of carbonyl (C=O) groups excluding carboxylic acids is 2. The summed E-state index contributed by atoms with van der Waals surface area (Å²) in [6.07, 6.45) is 0. The predicted octanol–water partition coefficient (Wildman–Crippen LogP) is 2.75. The van der Waals surface area contributed by atoms with Crippen LogP contribution >= 0.6 is 0 Å². The maximum absolute atomic E-state index is 13.4. The van der Waals surface area contributed by atoms with Crippen LogP contribution in [0.5, 0.6) is 0 Å². The van der Waals surface area contributed by atoms with Crippen molar-refractivity contribution in [1.29, 1.82) is 0 Å². The van der Waals surface area contributed by atoms with Crippen LogP contribution in [-0.4, -0.2) is 28.4 Å². The minimum Gasteiger partial charge on any atom is -0.452 e. The summed E-state index contributed by atoms with van der Waals surface area (Å²) in [6.45, 7) is 1.17. The Labute approximate surface area is 141 Å². The molecule has 1 amide bonds. The van der Waals surface area contributed by atoms with Gasteiger partial charge in [-0.15, -0.1) is 0 Å². The molecule has 0 heterocycles. The number of para-hydroxylation sites is 1. The zero-order valence-electron chi connectivity index (χ0n) is 13.0. The van der Waals surface area contributed by atoms with E-state index < -0.39 is 35.1 Å². The fraction of sp³-hybridized carbons (Fsp3) is 0.176. The SMILES string of the molecule is CC[S@@](=O)c1ccccc1C(=O)OCC(=O)Nc1ccccc1F. The maximum atomic E-state index is 13.4. The van der Waals surface area contributed by atoms with Gasteiger partial charge in [0.15, 0.2) is 6.61 Å². The molecule has 2 aromatic rings. The van der Waals surface area contributed by atoms with Gasteiger partial charge in [-0.3, -0.25) is 9.00 Å². The molecule has 126 valence electrons. The molecule has 0 bridgehead atoms. The smallest absolute Gasteiger partial charge is 0.339 e. The van der Waals surface area contributed by atoms with Gasteiger partial charge in [0.1, 0.15) is 5.82 Å². The van der Waals surface area contributed by atoms with Gasteiger partial charge in [0, 0.05) is 5.75 Å². The summed E-state index contributed by atoms with van der Waals surface area (Å²) in [5.74, 6) is -1.64. The van der Waals surface area contributed by atoms with Crippen molar-refractivity contribution < 1.29 is 22.9 Å². The van der Waals surface area contributed by atoms with E-state index in [2.05, 4.69) is 5.32 Å². The van der Waals surface area contributed by atoms with Gasteiger partial charge in [-0.05, 0) is 24.3 Å². The van der Waals surface area contributed by atoms with Crippen molar-refractivity contribution in [3.8, 4) is 0 Å². The number of hydrogen-bond acceptors (Lipinski definition) is 4. The zero-order valence-corrected chi connectivity index (χ0v) is 13.8. The molecule has 5 nitrogen and oxygen atoms in total. The summed E-state index contributed by atoms with van der Waals surface area (Å²) in [5, 5.41) is 2.31. The Kier molecular flexibility index (Phi) is 6.20. The molecule has 0 saturated carbocycles.